The van der Waals surface area contributed by atoms with E-state index in [0.717, 1.165) is 37.1 Å². The van der Waals surface area contributed by atoms with Gasteiger partial charge in [0, 0.05) is 6.54 Å². The lowest BCUT2D eigenvalue weighted by molar-refractivity contribution is 0.232. The maximum atomic E-state index is 12.4. The average molecular weight is 296 g/mol. The van der Waals surface area contributed by atoms with E-state index in [9.17, 15) is 8.42 Å². The highest BCUT2D eigenvalue weighted by molar-refractivity contribution is 7.89. The van der Waals surface area contributed by atoms with Crippen molar-refractivity contribution in [2.75, 3.05) is 19.6 Å². The maximum Gasteiger partial charge on any atom is 0.240 e. The van der Waals surface area contributed by atoms with Crippen LogP contribution in [0.1, 0.15) is 30.9 Å². The Bertz CT molecular complexity index is 576. The van der Waals surface area contributed by atoms with Gasteiger partial charge >= 0.3 is 0 Å². The van der Waals surface area contributed by atoms with Crippen LogP contribution in [0.5, 0.6) is 0 Å². The molecule has 1 aliphatic heterocycles. The summed E-state index contributed by atoms with van der Waals surface area (Å²) in [4.78, 5) is 0.359. The molecule has 0 saturated carbocycles. The monoisotopic (exact) mass is 296 g/mol. The summed E-state index contributed by atoms with van der Waals surface area (Å²) in [5, 5.41) is 3.31. The maximum absolute atomic E-state index is 12.4. The van der Waals surface area contributed by atoms with E-state index < -0.39 is 10.0 Å². The zero-order valence-corrected chi connectivity index (χ0v) is 13.3. The van der Waals surface area contributed by atoms with Crippen LogP contribution in [-0.4, -0.2) is 28.1 Å². The van der Waals surface area contributed by atoms with Gasteiger partial charge in [-0.05, 0) is 68.5 Å². The van der Waals surface area contributed by atoms with Gasteiger partial charge in [0.15, 0.2) is 0 Å². The lowest BCUT2D eigenvalue weighted by Crippen LogP contribution is -2.42. The molecular weight excluding hydrogens is 272 g/mol. The van der Waals surface area contributed by atoms with Gasteiger partial charge in [0.1, 0.15) is 0 Å². The fourth-order valence-corrected chi connectivity index (χ4v) is 3.73. The number of hydrogen-bond acceptors (Lipinski definition) is 3. The Labute approximate surface area is 122 Å². The summed E-state index contributed by atoms with van der Waals surface area (Å²) in [7, 11) is -3.41. The van der Waals surface area contributed by atoms with Gasteiger partial charge in [0.2, 0.25) is 10.0 Å². The van der Waals surface area contributed by atoms with Crippen LogP contribution in [0.2, 0.25) is 0 Å². The number of aryl methyl sites for hydroxylation is 2. The van der Waals surface area contributed by atoms with Crippen molar-refractivity contribution < 1.29 is 8.42 Å². The second-order valence-corrected chi connectivity index (χ2v) is 7.90. The largest absolute Gasteiger partial charge is 0.317 e. The molecule has 0 amide bonds. The molecule has 0 aromatic heterocycles. The van der Waals surface area contributed by atoms with Crippen LogP contribution in [0, 0.1) is 19.3 Å². The van der Waals surface area contributed by atoms with Crippen molar-refractivity contribution in [1.29, 1.82) is 0 Å². The molecule has 1 heterocycles. The minimum absolute atomic E-state index is 0.0536. The third-order valence-corrected chi connectivity index (χ3v) is 5.69. The molecular formula is C15H24N2O2S. The first kappa shape index (κ1) is 15.5. The average Bonchev–Trinajstić information content (AvgIpc) is 2.41. The van der Waals surface area contributed by atoms with Gasteiger partial charge in [-0.25, -0.2) is 13.1 Å². The summed E-state index contributed by atoms with van der Waals surface area (Å²) in [5.41, 5.74) is 2.16. The van der Waals surface area contributed by atoms with E-state index in [1.165, 1.54) is 0 Å². The molecule has 1 fully saturated rings. The smallest absolute Gasteiger partial charge is 0.240 e. The number of hydrogen-bond donors (Lipinski definition) is 2. The molecule has 2 rings (SSSR count). The van der Waals surface area contributed by atoms with Crippen molar-refractivity contribution in [3.63, 3.8) is 0 Å². The Morgan fingerprint density at radius 3 is 2.45 bits per heavy atom. The Hall–Kier alpha value is -0.910. The molecule has 1 aromatic carbocycles. The number of sulfonamides is 1. The molecule has 1 aliphatic rings. The molecule has 20 heavy (non-hydrogen) atoms. The zero-order chi connectivity index (χ0) is 14.8. The van der Waals surface area contributed by atoms with Crippen molar-refractivity contribution in [1.82, 2.24) is 10.0 Å². The minimum Gasteiger partial charge on any atom is -0.317 e. The fraction of sp³-hybridized carbons (Fsp3) is 0.600. The molecule has 4 nitrogen and oxygen atoms in total. The third kappa shape index (κ3) is 3.59. The molecule has 5 heteroatoms. The zero-order valence-electron chi connectivity index (χ0n) is 12.5. The number of nitrogens with one attached hydrogen (secondary N) is 2. The van der Waals surface area contributed by atoms with E-state index in [1.807, 2.05) is 19.9 Å². The van der Waals surface area contributed by atoms with Crippen LogP contribution < -0.4 is 10.0 Å². The summed E-state index contributed by atoms with van der Waals surface area (Å²) < 4.78 is 27.5. The van der Waals surface area contributed by atoms with Crippen molar-refractivity contribution >= 4 is 10.0 Å². The molecule has 1 saturated heterocycles. The fourth-order valence-electron chi connectivity index (χ4n) is 2.44. The van der Waals surface area contributed by atoms with Gasteiger partial charge in [0.05, 0.1) is 4.90 Å². The molecule has 0 atom stereocenters. The van der Waals surface area contributed by atoms with Crippen LogP contribution in [-0.2, 0) is 10.0 Å². The van der Waals surface area contributed by atoms with E-state index in [1.54, 1.807) is 12.1 Å². The van der Waals surface area contributed by atoms with Crippen molar-refractivity contribution in [3.8, 4) is 0 Å². The van der Waals surface area contributed by atoms with Crippen molar-refractivity contribution in [2.45, 2.75) is 38.5 Å². The standard InChI is InChI=1S/C15H24N2O2S/c1-12-4-5-14(10-13(12)2)20(18,19)17-11-15(3)6-8-16-9-7-15/h4-5,10,16-17H,6-9,11H2,1-3H3. The highest BCUT2D eigenvalue weighted by Crippen LogP contribution is 2.27. The van der Waals surface area contributed by atoms with Crippen molar-refractivity contribution in [2.24, 2.45) is 5.41 Å². The molecule has 112 valence electrons. The molecule has 0 radical (unpaired) electrons. The Balaban J connectivity index is 2.09. The van der Waals surface area contributed by atoms with E-state index in [4.69, 9.17) is 0 Å². The molecule has 0 unspecified atom stereocenters. The lowest BCUT2D eigenvalue weighted by atomic mass is 9.81. The van der Waals surface area contributed by atoms with Crippen LogP contribution in [0.4, 0.5) is 0 Å². The van der Waals surface area contributed by atoms with Crippen LogP contribution in [0.25, 0.3) is 0 Å². The third-order valence-electron chi connectivity index (χ3n) is 4.29. The van der Waals surface area contributed by atoms with Crippen LogP contribution in [0.15, 0.2) is 23.1 Å². The predicted molar refractivity (Wildman–Crippen MR) is 81.3 cm³/mol. The first-order valence-electron chi connectivity index (χ1n) is 7.10. The van der Waals surface area contributed by atoms with Gasteiger partial charge in [-0.3, -0.25) is 0 Å². The molecule has 1 aromatic rings. The topological polar surface area (TPSA) is 58.2 Å². The van der Waals surface area contributed by atoms with E-state index in [-0.39, 0.29) is 5.41 Å². The van der Waals surface area contributed by atoms with Crippen molar-refractivity contribution in [3.05, 3.63) is 29.3 Å². The Morgan fingerprint density at radius 2 is 1.85 bits per heavy atom. The summed E-state index contributed by atoms with van der Waals surface area (Å²) >= 11 is 0. The Morgan fingerprint density at radius 1 is 1.20 bits per heavy atom. The molecule has 0 spiro atoms. The number of benzene rings is 1. The summed E-state index contributed by atoms with van der Waals surface area (Å²) in [6, 6.07) is 5.27. The summed E-state index contributed by atoms with van der Waals surface area (Å²) in [6.07, 6.45) is 2.00. The normalized spacial score (nSPS) is 18.9. The van der Waals surface area contributed by atoms with E-state index in [2.05, 4.69) is 17.0 Å². The summed E-state index contributed by atoms with van der Waals surface area (Å²) in [6.45, 7) is 8.49. The van der Waals surface area contributed by atoms with Gasteiger partial charge in [-0.15, -0.1) is 0 Å². The van der Waals surface area contributed by atoms with Gasteiger partial charge in [0.25, 0.3) is 0 Å². The second kappa shape index (κ2) is 5.84. The van der Waals surface area contributed by atoms with E-state index >= 15 is 0 Å². The molecule has 0 aliphatic carbocycles. The quantitative estimate of drug-likeness (QED) is 0.893. The Kier molecular flexibility index (Phi) is 4.52. The predicted octanol–water partition coefficient (Wildman–Crippen LogP) is 1.97. The molecule has 0 bridgehead atoms. The van der Waals surface area contributed by atoms with Gasteiger partial charge in [-0.1, -0.05) is 13.0 Å². The number of rotatable bonds is 4. The first-order valence-corrected chi connectivity index (χ1v) is 8.58. The molecule has 2 N–H and O–H groups in total. The highest BCUT2D eigenvalue weighted by Gasteiger charge is 2.28. The van der Waals surface area contributed by atoms with Gasteiger partial charge < -0.3 is 5.32 Å². The SMILES string of the molecule is Cc1ccc(S(=O)(=O)NCC2(C)CCNCC2)cc1C. The second-order valence-electron chi connectivity index (χ2n) is 6.13. The highest BCUT2D eigenvalue weighted by atomic mass is 32.2. The van der Waals surface area contributed by atoms with Gasteiger partial charge in [-0.2, -0.15) is 0 Å². The van der Waals surface area contributed by atoms with E-state index in [0.29, 0.717) is 11.4 Å². The van der Waals surface area contributed by atoms with Crippen LogP contribution in [0.3, 0.4) is 0 Å². The first-order chi connectivity index (χ1) is 9.32. The summed E-state index contributed by atoms with van der Waals surface area (Å²) in [5.74, 6) is 0. The minimum atomic E-state index is -3.41. The lowest BCUT2D eigenvalue weighted by Gasteiger charge is -2.34. The number of piperidine rings is 1. The van der Waals surface area contributed by atoms with Crippen LogP contribution >= 0.6 is 0 Å².